The summed E-state index contributed by atoms with van der Waals surface area (Å²) in [6, 6.07) is 0. The van der Waals surface area contributed by atoms with Gasteiger partial charge in [0, 0.05) is 20.2 Å². The molecule has 3 N–H and O–H groups in total. The van der Waals surface area contributed by atoms with E-state index in [9.17, 15) is 0 Å². The molecular weight excluding hydrogens is 158 g/mol. The van der Waals surface area contributed by atoms with Gasteiger partial charge in [-0.05, 0) is 0 Å². The fourth-order valence-corrected chi connectivity index (χ4v) is 0.755. The highest BCUT2D eigenvalue weighted by Crippen LogP contribution is 2.01. The van der Waals surface area contributed by atoms with Crippen LogP contribution in [-0.4, -0.2) is 37.2 Å². The average molecular weight is 171 g/mol. The molecule has 0 bridgehead atoms. The van der Waals surface area contributed by atoms with Crippen molar-refractivity contribution in [2.75, 3.05) is 21.2 Å². The Morgan fingerprint density at radius 1 is 1.67 bits per heavy atom. The van der Waals surface area contributed by atoms with Crippen molar-refractivity contribution in [3.63, 3.8) is 0 Å². The summed E-state index contributed by atoms with van der Waals surface area (Å²) in [5, 5.41) is 4.93. The Morgan fingerprint density at radius 3 is 2.83 bits per heavy atom. The highest BCUT2D eigenvalue weighted by Gasteiger charge is 2.11. The smallest absolute Gasteiger partial charge is 0.237 e. The van der Waals surface area contributed by atoms with Crippen LogP contribution in [0.4, 0.5) is 0 Å². The van der Waals surface area contributed by atoms with Gasteiger partial charge in [-0.2, -0.15) is 0 Å². The molecule has 0 aromatic heterocycles. The topological polar surface area (TPSA) is 66.1 Å². The molecule has 12 heavy (non-hydrogen) atoms. The Balaban J connectivity index is 2.78. The quantitative estimate of drug-likeness (QED) is 0.498. The molecule has 0 radical (unpaired) electrons. The van der Waals surface area contributed by atoms with Crippen molar-refractivity contribution < 1.29 is 4.74 Å². The number of ether oxygens (including phenoxy) is 1. The van der Waals surface area contributed by atoms with Gasteiger partial charge in [0.05, 0.1) is 7.11 Å². The second-order valence-electron chi connectivity index (χ2n) is 2.52. The summed E-state index contributed by atoms with van der Waals surface area (Å²) in [5.74, 6) is 6.71. The van der Waals surface area contributed by atoms with Crippen molar-refractivity contribution in [2.45, 2.75) is 0 Å². The number of nitrogens with two attached hydrogens (primary N) is 1. The molecule has 1 aliphatic heterocycles. The van der Waals surface area contributed by atoms with E-state index in [0.717, 1.165) is 11.0 Å². The van der Waals surface area contributed by atoms with Crippen LogP contribution in [-0.2, 0) is 4.74 Å². The van der Waals surface area contributed by atoms with E-state index in [-0.39, 0.29) is 0 Å². The summed E-state index contributed by atoms with van der Waals surface area (Å²) in [5.41, 5.74) is 2.81. The summed E-state index contributed by atoms with van der Waals surface area (Å²) in [4.78, 5) is 1.87. The van der Waals surface area contributed by atoms with Gasteiger partial charge in [0.1, 0.15) is 5.82 Å². The van der Waals surface area contributed by atoms with Gasteiger partial charge in [0.15, 0.2) is 0 Å². The number of nitrogens with one attached hydrogen (secondary N) is 1. The van der Waals surface area contributed by atoms with Crippen molar-refractivity contribution in [3.8, 4) is 0 Å². The van der Waals surface area contributed by atoms with E-state index in [2.05, 4.69) is 10.5 Å². The lowest BCUT2D eigenvalue weighted by molar-refractivity contribution is 0.184. The monoisotopic (exact) mass is 171 g/mol. The zero-order chi connectivity index (χ0) is 9.14. The summed E-state index contributed by atoms with van der Waals surface area (Å²) in [6.07, 6.45) is 1.75. The minimum atomic E-state index is 0.472. The normalized spacial score (nSPS) is 16.2. The van der Waals surface area contributed by atoms with Gasteiger partial charge in [-0.15, -0.1) is 10.3 Å². The molecule has 0 aliphatic carbocycles. The zero-order valence-corrected chi connectivity index (χ0v) is 7.40. The van der Waals surface area contributed by atoms with E-state index in [0.29, 0.717) is 5.90 Å². The number of hydrazone groups is 1. The van der Waals surface area contributed by atoms with Crippen LogP contribution in [0.5, 0.6) is 0 Å². The van der Waals surface area contributed by atoms with Crippen LogP contribution in [0.15, 0.2) is 17.0 Å². The molecule has 0 saturated heterocycles. The van der Waals surface area contributed by atoms with E-state index >= 15 is 0 Å². The van der Waals surface area contributed by atoms with Crippen molar-refractivity contribution in [2.24, 2.45) is 10.9 Å². The predicted octanol–water partition coefficient (Wildman–Crippen LogP) is -0.957. The van der Waals surface area contributed by atoms with E-state index < -0.39 is 0 Å². The second kappa shape index (κ2) is 3.31. The summed E-state index contributed by atoms with van der Waals surface area (Å²) < 4.78 is 4.93. The van der Waals surface area contributed by atoms with Crippen LogP contribution >= 0.6 is 0 Å². The molecule has 0 fully saturated rings. The molecule has 1 aliphatic rings. The van der Waals surface area contributed by atoms with Crippen molar-refractivity contribution in [1.82, 2.24) is 15.6 Å². The van der Waals surface area contributed by atoms with Crippen LogP contribution < -0.4 is 11.3 Å². The molecule has 0 amide bonds. The molecule has 1 heterocycles. The lowest BCUT2D eigenvalue weighted by Crippen LogP contribution is -2.45. The van der Waals surface area contributed by atoms with Crippen LogP contribution in [0.1, 0.15) is 0 Å². The molecule has 0 aromatic rings. The van der Waals surface area contributed by atoms with Crippen LogP contribution in [0.2, 0.25) is 0 Å². The SMILES string of the molecule is COC1=NN(N)NC(N(C)C)=C1. The van der Waals surface area contributed by atoms with Gasteiger partial charge in [-0.3, -0.25) is 5.43 Å². The first-order valence-electron chi connectivity index (χ1n) is 3.46. The Morgan fingerprint density at radius 2 is 2.33 bits per heavy atom. The first kappa shape index (κ1) is 8.66. The molecule has 0 spiro atoms. The summed E-state index contributed by atoms with van der Waals surface area (Å²) in [7, 11) is 5.33. The number of rotatable bonds is 1. The lowest BCUT2D eigenvalue weighted by Gasteiger charge is -2.26. The molecule has 1 rings (SSSR count). The minimum Gasteiger partial charge on any atom is -0.480 e. The fraction of sp³-hybridized carbons (Fsp3) is 0.500. The van der Waals surface area contributed by atoms with Gasteiger partial charge >= 0.3 is 0 Å². The van der Waals surface area contributed by atoms with Gasteiger partial charge < -0.3 is 9.64 Å². The Kier molecular flexibility index (Phi) is 2.39. The van der Waals surface area contributed by atoms with Crippen molar-refractivity contribution in [3.05, 3.63) is 11.9 Å². The van der Waals surface area contributed by atoms with Crippen LogP contribution in [0.25, 0.3) is 0 Å². The first-order chi connectivity index (χ1) is 5.63. The highest BCUT2D eigenvalue weighted by atomic mass is 16.5. The molecule has 0 aromatic carbocycles. The third-order valence-electron chi connectivity index (χ3n) is 1.39. The maximum atomic E-state index is 5.42. The number of methoxy groups -OCH3 is 1. The van der Waals surface area contributed by atoms with E-state index in [4.69, 9.17) is 10.6 Å². The van der Waals surface area contributed by atoms with Crippen LogP contribution in [0.3, 0.4) is 0 Å². The summed E-state index contributed by atoms with van der Waals surface area (Å²) in [6.45, 7) is 0. The zero-order valence-electron chi connectivity index (χ0n) is 7.40. The molecule has 0 unspecified atom stereocenters. The Bertz CT molecular complexity index is 222. The molecule has 6 nitrogen and oxygen atoms in total. The standard InChI is InChI=1S/C6H13N5O/c1-10(2)5-4-6(12-3)9-11(7)8-5/h4,8H,7H2,1-3H3. The van der Waals surface area contributed by atoms with E-state index in [1.165, 1.54) is 0 Å². The molecule has 0 saturated carbocycles. The molecule has 6 heteroatoms. The third-order valence-corrected chi connectivity index (χ3v) is 1.39. The largest absolute Gasteiger partial charge is 0.480 e. The van der Waals surface area contributed by atoms with Crippen molar-refractivity contribution in [1.29, 1.82) is 0 Å². The predicted molar refractivity (Wildman–Crippen MR) is 45.4 cm³/mol. The average Bonchev–Trinajstić information content (AvgIpc) is 2.03. The van der Waals surface area contributed by atoms with Crippen LogP contribution in [0, 0.1) is 0 Å². The van der Waals surface area contributed by atoms with Gasteiger partial charge in [-0.25, -0.2) is 5.84 Å². The number of hydrazine groups is 2. The highest BCUT2D eigenvalue weighted by molar-refractivity contribution is 5.88. The Hall–Kier alpha value is -1.43. The minimum absolute atomic E-state index is 0.472. The number of hydrogen-bond donors (Lipinski definition) is 2. The van der Waals surface area contributed by atoms with E-state index in [1.54, 1.807) is 13.2 Å². The van der Waals surface area contributed by atoms with Gasteiger partial charge in [0.2, 0.25) is 5.90 Å². The molecular formula is C6H13N5O. The fourth-order valence-electron chi connectivity index (χ4n) is 0.755. The first-order valence-corrected chi connectivity index (χ1v) is 3.46. The van der Waals surface area contributed by atoms with Gasteiger partial charge in [0.25, 0.3) is 0 Å². The summed E-state index contributed by atoms with van der Waals surface area (Å²) >= 11 is 0. The maximum absolute atomic E-state index is 5.42. The second-order valence-corrected chi connectivity index (χ2v) is 2.52. The molecule has 68 valence electrons. The van der Waals surface area contributed by atoms with Gasteiger partial charge in [-0.1, -0.05) is 0 Å². The number of hydrogen-bond acceptors (Lipinski definition) is 6. The maximum Gasteiger partial charge on any atom is 0.237 e. The van der Waals surface area contributed by atoms with E-state index in [1.807, 2.05) is 19.0 Å². The lowest BCUT2D eigenvalue weighted by atomic mass is 10.5. The Labute approximate surface area is 71.2 Å². The number of nitrogens with zero attached hydrogens (tertiary/aromatic N) is 3. The molecule has 0 atom stereocenters. The third kappa shape index (κ3) is 1.79. The van der Waals surface area contributed by atoms with Crippen molar-refractivity contribution >= 4 is 5.90 Å².